The van der Waals surface area contributed by atoms with Crippen LogP contribution < -0.4 is 9.80 Å². The van der Waals surface area contributed by atoms with Crippen LogP contribution in [0.3, 0.4) is 0 Å². The van der Waals surface area contributed by atoms with E-state index in [1.54, 1.807) is 0 Å². The molecule has 7 rings (SSSR count). The second-order valence-electron chi connectivity index (χ2n) is 11.4. The maximum atomic E-state index is 4.24. The summed E-state index contributed by atoms with van der Waals surface area (Å²) in [5, 5.41) is 8.02. The highest BCUT2D eigenvalue weighted by molar-refractivity contribution is 6.27. The molecular weight excluding hydrogens is 472 g/mol. The minimum atomic E-state index is 0.409. The van der Waals surface area contributed by atoms with E-state index in [2.05, 4.69) is 128 Å². The number of rotatable bonds is 4. The number of hydrogen-bond donors (Lipinski definition) is 0. The van der Waals surface area contributed by atoms with E-state index in [-0.39, 0.29) is 0 Å². The Hall–Kier alpha value is -4.04. The molecule has 0 fully saturated rings. The Morgan fingerprint density at radius 3 is 1.95 bits per heavy atom. The Labute approximate surface area is 231 Å². The van der Waals surface area contributed by atoms with Gasteiger partial charge in [0.15, 0.2) is 0 Å². The third-order valence-electron chi connectivity index (χ3n) is 9.08. The third kappa shape index (κ3) is 3.61. The Morgan fingerprint density at radius 2 is 1.28 bits per heavy atom. The van der Waals surface area contributed by atoms with Crippen molar-refractivity contribution >= 4 is 49.4 Å². The van der Waals surface area contributed by atoms with Gasteiger partial charge < -0.3 is 9.80 Å². The quantitative estimate of drug-likeness (QED) is 0.223. The molecule has 2 nitrogen and oxygen atoms in total. The third-order valence-corrected chi connectivity index (χ3v) is 9.08. The Bertz CT molecular complexity index is 1790. The summed E-state index contributed by atoms with van der Waals surface area (Å²) in [7, 11) is 0. The van der Waals surface area contributed by atoms with E-state index < -0.39 is 0 Å². The number of nitrogens with zero attached hydrogens (tertiary/aromatic N) is 2. The molecule has 0 aromatic heterocycles. The molecular formula is C37H36N2. The number of allylic oxidation sites excluding steroid dienone is 4. The van der Waals surface area contributed by atoms with Crippen molar-refractivity contribution in [1.29, 1.82) is 0 Å². The standard InChI is InChI=1S/C37H36N2/c1-5-9-26-14-12-24(3)38(32(26)6-2)34-22-18-28-17-21-31-35(23-19-29-16-20-30(34)36(28)37(29)31)39-25(4)13-15-27-10-7-8-11-33(27)39/h5-11,16-25H,2,12-15H2,1,3-4H3/b9-5-. The zero-order valence-electron chi connectivity index (χ0n) is 23.2. The van der Waals surface area contributed by atoms with Crippen molar-refractivity contribution in [3.8, 4) is 0 Å². The summed E-state index contributed by atoms with van der Waals surface area (Å²) in [4.78, 5) is 5.11. The molecule has 0 radical (unpaired) electrons. The topological polar surface area (TPSA) is 6.48 Å². The van der Waals surface area contributed by atoms with Crippen LogP contribution in [0.2, 0.25) is 0 Å². The number of para-hydroxylation sites is 1. The van der Waals surface area contributed by atoms with Crippen molar-refractivity contribution in [2.45, 2.75) is 58.5 Å². The molecule has 2 atom stereocenters. The molecule has 0 spiro atoms. The molecule has 0 saturated carbocycles. The minimum absolute atomic E-state index is 0.409. The van der Waals surface area contributed by atoms with Crippen molar-refractivity contribution in [3.05, 3.63) is 114 Å². The lowest BCUT2D eigenvalue weighted by atomic mass is 9.89. The van der Waals surface area contributed by atoms with Crippen molar-refractivity contribution in [3.63, 3.8) is 0 Å². The largest absolute Gasteiger partial charge is 0.338 e. The van der Waals surface area contributed by atoms with Gasteiger partial charge in [0.2, 0.25) is 0 Å². The van der Waals surface area contributed by atoms with E-state index >= 15 is 0 Å². The van der Waals surface area contributed by atoms with Crippen LogP contribution in [0.1, 0.15) is 45.6 Å². The van der Waals surface area contributed by atoms with Gasteiger partial charge in [0, 0.05) is 45.6 Å². The van der Waals surface area contributed by atoms with E-state index in [0.717, 1.165) is 19.3 Å². The van der Waals surface area contributed by atoms with Crippen LogP contribution in [-0.4, -0.2) is 12.1 Å². The average molecular weight is 509 g/mol. The van der Waals surface area contributed by atoms with Gasteiger partial charge in [0.25, 0.3) is 0 Å². The summed E-state index contributed by atoms with van der Waals surface area (Å²) in [5.41, 5.74) is 8.01. The van der Waals surface area contributed by atoms with Gasteiger partial charge in [0.1, 0.15) is 0 Å². The number of fused-ring (bicyclic) bond motifs is 1. The molecule has 5 aromatic rings. The van der Waals surface area contributed by atoms with Crippen molar-refractivity contribution in [1.82, 2.24) is 0 Å². The predicted octanol–water partition coefficient (Wildman–Crippen LogP) is 10.1. The van der Waals surface area contributed by atoms with Crippen LogP contribution in [0.25, 0.3) is 32.3 Å². The molecule has 2 heteroatoms. The molecule has 0 bridgehead atoms. The normalized spacial score (nSPS) is 20.1. The smallest absolute Gasteiger partial charge is 0.0493 e. The molecule has 2 heterocycles. The molecule has 0 saturated heterocycles. The van der Waals surface area contributed by atoms with Gasteiger partial charge in [-0.15, -0.1) is 0 Å². The fourth-order valence-corrected chi connectivity index (χ4v) is 7.23. The summed E-state index contributed by atoms with van der Waals surface area (Å²) < 4.78 is 0. The lowest BCUT2D eigenvalue weighted by molar-refractivity contribution is 0.603. The predicted molar refractivity (Wildman–Crippen MR) is 170 cm³/mol. The first-order valence-electron chi connectivity index (χ1n) is 14.5. The number of aryl methyl sites for hydroxylation is 1. The van der Waals surface area contributed by atoms with Gasteiger partial charge in [-0.2, -0.15) is 0 Å². The van der Waals surface area contributed by atoms with Crippen LogP contribution in [0.4, 0.5) is 17.1 Å². The zero-order valence-corrected chi connectivity index (χ0v) is 23.2. The Balaban J connectivity index is 1.50. The second kappa shape index (κ2) is 9.31. The van der Waals surface area contributed by atoms with Gasteiger partial charge in [-0.25, -0.2) is 0 Å². The first kappa shape index (κ1) is 24.0. The highest BCUT2D eigenvalue weighted by Crippen LogP contribution is 2.46. The van der Waals surface area contributed by atoms with Crippen LogP contribution in [0.5, 0.6) is 0 Å². The van der Waals surface area contributed by atoms with Crippen LogP contribution in [-0.2, 0) is 6.42 Å². The number of hydrogen-bond acceptors (Lipinski definition) is 2. The van der Waals surface area contributed by atoms with Crippen molar-refractivity contribution in [2.24, 2.45) is 0 Å². The number of anilines is 3. The van der Waals surface area contributed by atoms with Gasteiger partial charge in [-0.1, -0.05) is 73.3 Å². The summed E-state index contributed by atoms with van der Waals surface area (Å²) in [5.74, 6) is 0. The van der Waals surface area contributed by atoms with Gasteiger partial charge in [-0.05, 0) is 103 Å². The van der Waals surface area contributed by atoms with Gasteiger partial charge >= 0.3 is 0 Å². The molecule has 39 heavy (non-hydrogen) atoms. The molecule has 0 aliphatic carbocycles. The van der Waals surface area contributed by atoms with Gasteiger partial charge in [-0.3, -0.25) is 0 Å². The summed E-state index contributed by atoms with van der Waals surface area (Å²) in [6.07, 6.45) is 11.0. The minimum Gasteiger partial charge on any atom is -0.338 e. The first-order chi connectivity index (χ1) is 19.1. The SMILES string of the molecule is C=CC1=C(/C=C\C)CCC(C)N1c1ccc2ccc3c(N4c5ccccc5CCC4C)ccc4ccc1c2c43. The Morgan fingerprint density at radius 1 is 0.692 bits per heavy atom. The summed E-state index contributed by atoms with van der Waals surface area (Å²) in [6.45, 7) is 11.1. The second-order valence-corrected chi connectivity index (χ2v) is 11.4. The monoisotopic (exact) mass is 508 g/mol. The van der Waals surface area contributed by atoms with Crippen LogP contribution >= 0.6 is 0 Å². The fourth-order valence-electron chi connectivity index (χ4n) is 7.23. The van der Waals surface area contributed by atoms with Crippen LogP contribution in [0.15, 0.2) is 109 Å². The van der Waals surface area contributed by atoms with E-state index in [0.29, 0.717) is 12.1 Å². The van der Waals surface area contributed by atoms with Crippen molar-refractivity contribution < 1.29 is 0 Å². The zero-order chi connectivity index (χ0) is 26.7. The number of benzene rings is 5. The fraction of sp³-hybridized carbons (Fsp3) is 0.243. The van der Waals surface area contributed by atoms with Crippen molar-refractivity contribution in [2.75, 3.05) is 9.80 Å². The van der Waals surface area contributed by atoms with E-state index in [1.165, 1.54) is 72.6 Å². The highest BCUT2D eigenvalue weighted by Gasteiger charge is 2.28. The summed E-state index contributed by atoms with van der Waals surface area (Å²) >= 11 is 0. The molecule has 2 aliphatic rings. The van der Waals surface area contributed by atoms with E-state index in [4.69, 9.17) is 0 Å². The lowest BCUT2D eigenvalue weighted by Gasteiger charge is -2.39. The van der Waals surface area contributed by atoms with E-state index in [9.17, 15) is 0 Å². The molecule has 5 aromatic carbocycles. The molecule has 0 amide bonds. The van der Waals surface area contributed by atoms with Gasteiger partial charge in [0.05, 0.1) is 0 Å². The lowest BCUT2D eigenvalue weighted by Crippen LogP contribution is -2.35. The average Bonchev–Trinajstić information content (AvgIpc) is 2.97. The van der Waals surface area contributed by atoms with Crippen LogP contribution in [0, 0.1) is 0 Å². The maximum Gasteiger partial charge on any atom is 0.0493 e. The summed E-state index contributed by atoms with van der Waals surface area (Å²) in [6, 6.07) is 28.5. The molecule has 194 valence electrons. The maximum absolute atomic E-state index is 4.24. The highest BCUT2D eigenvalue weighted by atomic mass is 15.2. The first-order valence-corrected chi connectivity index (χ1v) is 14.5. The molecule has 0 N–H and O–H groups in total. The molecule has 2 unspecified atom stereocenters. The molecule has 2 aliphatic heterocycles. The Kier molecular flexibility index (Phi) is 5.74. The van der Waals surface area contributed by atoms with E-state index in [1.807, 2.05) is 0 Å².